The average molecular weight is 734 g/mol. The van der Waals surface area contributed by atoms with E-state index in [-0.39, 0.29) is 0 Å². The van der Waals surface area contributed by atoms with Crippen LogP contribution in [0.3, 0.4) is 0 Å². The summed E-state index contributed by atoms with van der Waals surface area (Å²) < 4.78 is 15.5. The van der Waals surface area contributed by atoms with Crippen molar-refractivity contribution < 1.29 is 8.83 Å². The minimum atomic E-state index is 0.863. The molecule has 12 aromatic rings. The van der Waals surface area contributed by atoms with Gasteiger partial charge in [-0.25, -0.2) is 0 Å². The van der Waals surface area contributed by atoms with Gasteiger partial charge in [0.15, 0.2) is 0 Å². The number of anilines is 3. The molecule has 0 aliphatic carbocycles. The highest BCUT2D eigenvalue weighted by Gasteiger charge is 2.20. The van der Waals surface area contributed by atoms with Gasteiger partial charge in [0.1, 0.15) is 22.3 Å². The number of nitrogens with zero attached hydrogens (tertiary/aromatic N) is 1. The van der Waals surface area contributed by atoms with Crippen molar-refractivity contribution in [1.82, 2.24) is 0 Å². The molecule has 0 aliphatic rings. The van der Waals surface area contributed by atoms with Crippen LogP contribution in [0.4, 0.5) is 17.1 Å². The van der Waals surface area contributed by atoms with E-state index in [2.05, 4.69) is 175 Å². The van der Waals surface area contributed by atoms with Crippen molar-refractivity contribution in [2.24, 2.45) is 0 Å². The number of thiophene rings is 1. The Kier molecular flexibility index (Phi) is 6.80. The molecule has 9 aromatic carbocycles. The first kappa shape index (κ1) is 31.2. The highest BCUT2D eigenvalue weighted by Crippen LogP contribution is 2.47. The Morgan fingerprint density at radius 3 is 1.89 bits per heavy atom. The van der Waals surface area contributed by atoms with E-state index in [0.717, 1.165) is 66.5 Å². The number of hydrogen-bond donors (Lipinski definition) is 0. The maximum Gasteiger partial charge on any atom is 0.144 e. The SMILES string of the molecule is c1cc(-c2cccc3sc4ccc5c6ccccc6oc5c4c23)cc(N(c2ccc(-c3ccc4ccccc4c3)cc2)c2ccc3c(c2)oc2ccccc23)c1. The molecule has 0 atom stereocenters. The first-order chi connectivity index (χ1) is 27.7. The van der Waals surface area contributed by atoms with E-state index in [1.807, 2.05) is 29.5 Å². The van der Waals surface area contributed by atoms with Crippen LogP contribution < -0.4 is 4.90 Å². The normalized spacial score (nSPS) is 11.9. The van der Waals surface area contributed by atoms with Gasteiger partial charge >= 0.3 is 0 Å². The highest BCUT2D eigenvalue weighted by atomic mass is 32.1. The first-order valence-electron chi connectivity index (χ1n) is 18.9. The summed E-state index contributed by atoms with van der Waals surface area (Å²) in [7, 11) is 0. The number of benzene rings is 9. The van der Waals surface area contributed by atoms with E-state index in [4.69, 9.17) is 8.83 Å². The lowest BCUT2D eigenvalue weighted by Gasteiger charge is -2.26. The molecule has 3 aromatic heterocycles. The topological polar surface area (TPSA) is 29.5 Å². The standard InChI is InChI=1S/C52H31NO2S/c1-2-10-34-29-35(20-19-32(34)9-1)33-21-23-37(24-22-33)53(39-25-26-43-41-13-3-5-16-45(41)54-47(43)31-39)38-12-7-11-36(30-38)40-15-8-18-48-50(40)51-49(56-48)28-27-44-42-14-4-6-17-46(42)55-52(44)51/h1-31H. The van der Waals surface area contributed by atoms with Gasteiger partial charge in [0.2, 0.25) is 0 Å². The second-order valence-corrected chi connectivity index (χ2v) is 15.6. The third-order valence-corrected chi connectivity index (χ3v) is 12.4. The Morgan fingerprint density at radius 1 is 0.357 bits per heavy atom. The van der Waals surface area contributed by atoms with Gasteiger partial charge in [0, 0.05) is 64.8 Å². The van der Waals surface area contributed by atoms with E-state index >= 15 is 0 Å². The molecular formula is C52H31NO2S. The molecular weight excluding hydrogens is 703 g/mol. The molecule has 0 radical (unpaired) electrons. The van der Waals surface area contributed by atoms with Crippen molar-refractivity contribution in [3.05, 3.63) is 188 Å². The molecule has 0 aliphatic heterocycles. The summed E-state index contributed by atoms with van der Waals surface area (Å²) in [5.41, 5.74) is 11.5. The molecule has 0 amide bonds. The van der Waals surface area contributed by atoms with Crippen LogP contribution in [-0.4, -0.2) is 0 Å². The fourth-order valence-electron chi connectivity index (χ4n) is 8.61. The summed E-state index contributed by atoms with van der Waals surface area (Å²) in [6.45, 7) is 0. The molecule has 262 valence electrons. The van der Waals surface area contributed by atoms with Crippen LogP contribution in [-0.2, 0) is 0 Å². The third kappa shape index (κ3) is 4.83. The summed E-state index contributed by atoms with van der Waals surface area (Å²) in [5.74, 6) is 0. The number of fused-ring (bicyclic) bond motifs is 11. The van der Waals surface area contributed by atoms with E-state index in [0.29, 0.717) is 0 Å². The van der Waals surface area contributed by atoms with Crippen LogP contribution in [0.1, 0.15) is 0 Å². The summed E-state index contributed by atoms with van der Waals surface area (Å²) in [6, 6.07) is 67.3. The van der Waals surface area contributed by atoms with Gasteiger partial charge in [-0.05, 0) is 106 Å². The quantitative estimate of drug-likeness (QED) is 0.176. The predicted octanol–water partition coefficient (Wildman–Crippen LogP) is 15.8. The van der Waals surface area contributed by atoms with Gasteiger partial charge in [0.05, 0.1) is 0 Å². The van der Waals surface area contributed by atoms with Gasteiger partial charge in [-0.1, -0.05) is 109 Å². The summed E-state index contributed by atoms with van der Waals surface area (Å²) in [4.78, 5) is 2.34. The lowest BCUT2D eigenvalue weighted by molar-refractivity contribution is 0.669. The van der Waals surface area contributed by atoms with Crippen molar-refractivity contribution in [1.29, 1.82) is 0 Å². The molecule has 56 heavy (non-hydrogen) atoms. The Labute approximate surface area is 325 Å². The summed E-state index contributed by atoms with van der Waals surface area (Å²) in [5, 5.41) is 9.41. The number of para-hydroxylation sites is 2. The zero-order chi connectivity index (χ0) is 36.7. The van der Waals surface area contributed by atoms with Crippen LogP contribution in [0.2, 0.25) is 0 Å². The number of hydrogen-bond acceptors (Lipinski definition) is 4. The fourth-order valence-corrected chi connectivity index (χ4v) is 9.74. The smallest absolute Gasteiger partial charge is 0.144 e. The summed E-state index contributed by atoms with van der Waals surface area (Å²) >= 11 is 1.82. The second-order valence-electron chi connectivity index (χ2n) is 14.5. The molecule has 0 spiro atoms. The number of rotatable bonds is 5. The average Bonchev–Trinajstić information content (AvgIpc) is 3.95. The minimum absolute atomic E-state index is 0.863. The van der Waals surface area contributed by atoms with E-state index in [1.54, 1.807) is 0 Å². The first-order valence-corrected chi connectivity index (χ1v) is 19.7. The van der Waals surface area contributed by atoms with Crippen LogP contribution >= 0.6 is 11.3 Å². The lowest BCUT2D eigenvalue weighted by atomic mass is 9.97. The van der Waals surface area contributed by atoms with Crippen molar-refractivity contribution in [2.75, 3.05) is 4.90 Å². The molecule has 0 N–H and O–H groups in total. The molecule has 3 heterocycles. The second kappa shape index (κ2) is 12.2. The van der Waals surface area contributed by atoms with Crippen molar-refractivity contribution >= 4 is 103 Å². The van der Waals surface area contributed by atoms with Crippen molar-refractivity contribution in [2.45, 2.75) is 0 Å². The number of furan rings is 2. The third-order valence-electron chi connectivity index (χ3n) is 11.2. The monoisotopic (exact) mass is 733 g/mol. The van der Waals surface area contributed by atoms with Crippen LogP contribution in [0, 0.1) is 0 Å². The zero-order valence-corrected chi connectivity index (χ0v) is 30.9. The molecule has 0 fully saturated rings. The van der Waals surface area contributed by atoms with E-state index < -0.39 is 0 Å². The zero-order valence-electron chi connectivity index (χ0n) is 30.1. The Hall–Kier alpha value is -7.14. The molecule has 0 bridgehead atoms. The minimum Gasteiger partial charge on any atom is -0.456 e. The van der Waals surface area contributed by atoms with Gasteiger partial charge in [0.25, 0.3) is 0 Å². The van der Waals surface area contributed by atoms with Crippen LogP contribution in [0.25, 0.3) is 97.1 Å². The fraction of sp³-hybridized carbons (Fsp3) is 0. The van der Waals surface area contributed by atoms with Gasteiger partial charge in [-0.3, -0.25) is 0 Å². The molecule has 0 saturated heterocycles. The van der Waals surface area contributed by atoms with E-state index in [9.17, 15) is 0 Å². The van der Waals surface area contributed by atoms with Gasteiger partial charge < -0.3 is 13.7 Å². The molecule has 0 saturated carbocycles. The Bertz CT molecular complexity index is 3500. The summed E-state index contributed by atoms with van der Waals surface area (Å²) in [6.07, 6.45) is 0. The lowest BCUT2D eigenvalue weighted by Crippen LogP contribution is -2.10. The Balaban J connectivity index is 1.03. The highest BCUT2D eigenvalue weighted by molar-refractivity contribution is 7.26. The molecule has 12 rings (SSSR count). The van der Waals surface area contributed by atoms with Gasteiger partial charge in [-0.15, -0.1) is 11.3 Å². The molecule has 4 heteroatoms. The van der Waals surface area contributed by atoms with Crippen LogP contribution in [0.15, 0.2) is 197 Å². The molecule has 3 nitrogen and oxygen atoms in total. The largest absolute Gasteiger partial charge is 0.456 e. The maximum absolute atomic E-state index is 6.61. The predicted molar refractivity (Wildman–Crippen MR) is 237 cm³/mol. The molecule has 0 unspecified atom stereocenters. The van der Waals surface area contributed by atoms with E-state index in [1.165, 1.54) is 47.6 Å². The van der Waals surface area contributed by atoms with Gasteiger partial charge in [-0.2, -0.15) is 0 Å². The van der Waals surface area contributed by atoms with Crippen molar-refractivity contribution in [3.63, 3.8) is 0 Å². The maximum atomic E-state index is 6.61. The Morgan fingerprint density at radius 2 is 1.02 bits per heavy atom. The van der Waals surface area contributed by atoms with Crippen LogP contribution in [0.5, 0.6) is 0 Å². The van der Waals surface area contributed by atoms with Crippen molar-refractivity contribution in [3.8, 4) is 22.3 Å².